The van der Waals surface area contributed by atoms with Gasteiger partial charge in [-0.1, -0.05) is 6.92 Å². The van der Waals surface area contributed by atoms with E-state index < -0.39 is 0 Å². The van der Waals surface area contributed by atoms with Crippen molar-refractivity contribution in [3.8, 4) is 10.6 Å². The van der Waals surface area contributed by atoms with Gasteiger partial charge in [-0.25, -0.2) is 9.37 Å². The predicted octanol–water partition coefficient (Wildman–Crippen LogP) is 3.82. The summed E-state index contributed by atoms with van der Waals surface area (Å²) in [5.74, 6) is -0.252. The van der Waals surface area contributed by atoms with Crippen molar-refractivity contribution < 1.29 is 4.39 Å². The van der Waals surface area contributed by atoms with E-state index >= 15 is 0 Å². The lowest BCUT2D eigenvalue weighted by Crippen LogP contribution is -2.10. The van der Waals surface area contributed by atoms with Crippen LogP contribution in [0.1, 0.15) is 11.8 Å². The summed E-state index contributed by atoms with van der Waals surface area (Å²) in [6, 6.07) is 4.95. The molecule has 0 saturated carbocycles. The van der Waals surface area contributed by atoms with Crippen LogP contribution in [-0.2, 0) is 6.54 Å². The molecule has 0 radical (unpaired) electrons. The summed E-state index contributed by atoms with van der Waals surface area (Å²) in [5, 5.41) is 4.17. The van der Waals surface area contributed by atoms with Gasteiger partial charge in [0.05, 0.1) is 4.47 Å². The van der Waals surface area contributed by atoms with E-state index in [2.05, 4.69) is 33.2 Å². The zero-order chi connectivity index (χ0) is 12.3. The van der Waals surface area contributed by atoms with Gasteiger partial charge in [0.25, 0.3) is 0 Å². The summed E-state index contributed by atoms with van der Waals surface area (Å²) >= 11 is 4.81. The first-order valence-electron chi connectivity index (χ1n) is 5.31. The SMILES string of the molecule is CCNCc1cnc(-c2ccc(F)c(Br)c2)s1. The van der Waals surface area contributed by atoms with Crippen LogP contribution in [0.4, 0.5) is 4.39 Å². The van der Waals surface area contributed by atoms with Crippen LogP contribution in [-0.4, -0.2) is 11.5 Å². The Hall–Kier alpha value is -0.780. The Labute approximate surface area is 112 Å². The van der Waals surface area contributed by atoms with Crippen molar-refractivity contribution in [2.75, 3.05) is 6.54 Å². The van der Waals surface area contributed by atoms with Gasteiger partial charge in [-0.05, 0) is 40.7 Å². The smallest absolute Gasteiger partial charge is 0.137 e. The molecular weight excluding hydrogens is 303 g/mol. The molecule has 0 aliphatic carbocycles. The van der Waals surface area contributed by atoms with Crippen molar-refractivity contribution in [3.63, 3.8) is 0 Å². The fraction of sp³-hybridized carbons (Fsp3) is 0.250. The maximum absolute atomic E-state index is 13.1. The number of hydrogen-bond acceptors (Lipinski definition) is 3. The maximum Gasteiger partial charge on any atom is 0.137 e. The monoisotopic (exact) mass is 314 g/mol. The molecule has 5 heteroatoms. The largest absolute Gasteiger partial charge is 0.312 e. The van der Waals surface area contributed by atoms with Crippen LogP contribution >= 0.6 is 27.3 Å². The van der Waals surface area contributed by atoms with Gasteiger partial charge in [0.2, 0.25) is 0 Å². The first-order chi connectivity index (χ1) is 8.20. The Kier molecular flexibility index (Phi) is 4.25. The van der Waals surface area contributed by atoms with Crippen LogP contribution in [0.3, 0.4) is 0 Å². The van der Waals surface area contributed by atoms with Crippen LogP contribution in [0, 0.1) is 5.82 Å². The van der Waals surface area contributed by atoms with Crippen LogP contribution in [0.15, 0.2) is 28.9 Å². The minimum absolute atomic E-state index is 0.252. The van der Waals surface area contributed by atoms with Crippen molar-refractivity contribution in [1.29, 1.82) is 0 Å². The van der Waals surface area contributed by atoms with Crippen LogP contribution in [0.2, 0.25) is 0 Å². The van der Waals surface area contributed by atoms with Crippen molar-refractivity contribution >= 4 is 27.3 Å². The van der Waals surface area contributed by atoms with Crippen molar-refractivity contribution in [2.45, 2.75) is 13.5 Å². The third kappa shape index (κ3) is 3.12. The molecule has 90 valence electrons. The molecule has 0 spiro atoms. The molecule has 0 bridgehead atoms. The number of halogens is 2. The van der Waals surface area contributed by atoms with E-state index in [-0.39, 0.29) is 5.82 Å². The number of nitrogens with zero attached hydrogens (tertiary/aromatic N) is 1. The molecule has 0 aliphatic rings. The minimum Gasteiger partial charge on any atom is -0.312 e. The summed E-state index contributed by atoms with van der Waals surface area (Å²) in [5.41, 5.74) is 0.936. The molecule has 0 amide bonds. The number of thiazole rings is 1. The van der Waals surface area contributed by atoms with Gasteiger partial charge in [-0.3, -0.25) is 0 Å². The molecule has 0 aliphatic heterocycles. The third-order valence-electron chi connectivity index (χ3n) is 2.27. The average Bonchev–Trinajstić information content (AvgIpc) is 2.79. The maximum atomic E-state index is 13.1. The van der Waals surface area contributed by atoms with Gasteiger partial charge < -0.3 is 5.32 Å². The number of nitrogens with one attached hydrogen (secondary N) is 1. The zero-order valence-electron chi connectivity index (χ0n) is 9.34. The highest BCUT2D eigenvalue weighted by atomic mass is 79.9. The summed E-state index contributed by atoms with van der Waals surface area (Å²) < 4.78 is 13.6. The van der Waals surface area contributed by atoms with E-state index in [1.807, 2.05) is 6.20 Å². The predicted molar refractivity (Wildman–Crippen MR) is 72.6 cm³/mol. The Balaban J connectivity index is 2.21. The molecule has 17 heavy (non-hydrogen) atoms. The molecule has 0 unspecified atom stereocenters. The average molecular weight is 315 g/mol. The van der Waals surface area contributed by atoms with Gasteiger partial charge in [0.15, 0.2) is 0 Å². The highest BCUT2D eigenvalue weighted by molar-refractivity contribution is 9.10. The van der Waals surface area contributed by atoms with Crippen molar-refractivity contribution in [1.82, 2.24) is 10.3 Å². The second-order valence-electron chi connectivity index (χ2n) is 3.54. The van der Waals surface area contributed by atoms with E-state index in [1.165, 1.54) is 10.9 Å². The number of rotatable bonds is 4. The van der Waals surface area contributed by atoms with E-state index in [0.717, 1.165) is 23.7 Å². The van der Waals surface area contributed by atoms with Crippen LogP contribution in [0.5, 0.6) is 0 Å². The summed E-state index contributed by atoms with van der Waals surface area (Å²) in [7, 11) is 0. The summed E-state index contributed by atoms with van der Waals surface area (Å²) in [4.78, 5) is 5.53. The highest BCUT2D eigenvalue weighted by Gasteiger charge is 2.07. The second kappa shape index (κ2) is 5.71. The number of hydrogen-bond donors (Lipinski definition) is 1. The highest BCUT2D eigenvalue weighted by Crippen LogP contribution is 2.28. The third-order valence-corrected chi connectivity index (χ3v) is 3.92. The van der Waals surface area contributed by atoms with Gasteiger partial charge in [0.1, 0.15) is 10.8 Å². The summed E-state index contributed by atoms with van der Waals surface area (Å²) in [6.45, 7) is 3.84. The molecule has 0 saturated heterocycles. The van der Waals surface area contributed by atoms with Crippen LogP contribution in [0.25, 0.3) is 10.6 Å². The standard InChI is InChI=1S/C12H12BrFN2S/c1-2-15-6-9-7-16-12(17-9)8-3-4-11(14)10(13)5-8/h3-5,7,15H,2,6H2,1H3. The summed E-state index contributed by atoms with van der Waals surface area (Å²) in [6.07, 6.45) is 1.86. The molecule has 2 nitrogen and oxygen atoms in total. The molecule has 1 aromatic heterocycles. The lowest BCUT2D eigenvalue weighted by Gasteiger charge is -1.98. The fourth-order valence-corrected chi connectivity index (χ4v) is 2.66. The lowest BCUT2D eigenvalue weighted by atomic mass is 10.2. The topological polar surface area (TPSA) is 24.9 Å². The molecular formula is C12H12BrFN2S. The van der Waals surface area contributed by atoms with E-state index in [0.29, 0.717) is 4.47 Å². The number of aromatic nitrogens is 1. The van der Waals surface area contributed by atoms with E-state index in [1.54, 1.807) is 23.5 Å². The second-order valence-corrected chi connectivity index (χ2v) is 5.51. The Bertz CT molecular complexity index is 513. The Morgan fingerprint density at radius 2 is 2.29 bits per heavy atom. The fourth-order valence-electron chi connectivity index (χ4n) is 1.40. The molecule has 2 rings (SSSR count). The molecule has 0 atom stereocenters. The van der Waals surface area contributed by atoms with E-state index in [9.17, 15) is 4.39 Å². The Morgan fingerprint density at radius 3 is 3.00 bits per heavy atom. The number of benzene rings is 1. The minimum atomic E-state index is -0.252. The van der Waals surface area contributed by atoms with Crippen molar-refractivity contribution in [2.24, 2.45) is 0 Å². The van der Waals surface area contributed by atoms with Gasteiger partial charge in [-0.15, -0.1) is 11.3 Å². The van der Waals surface area contributed by atoms with Gasteiger partial charge in [-0.2, -0.15) is 0 Å². The first kappa shape index (κ1) is 12.7. The molecule has 1 heterocycles. The van der Waals surface area contributed by atoms with Crippen molar-refractivity contribution in [3.05, 3.63) is 39.6 Å². The zero-order valence-corrected chi connectivity index (χ0v) is 11.7. The first-order valence-corrected chi connectivity index (χ1v) is 6.92. The molecule has 2 aromatic rings. The van der Waals surface area contributed by atoms with Crippen LogP contribution < -0.4 is 5.32 Å². The molecule has 0 fully saturated rings. The molecule has 1 aromatic carbocycles. The lowest BCUT2D eigenvalue weighted by molar-refractivity contribution is 0.621. The Morgan fingerprint density at radius 1 is 1.47 bits per heavy atom. The normalized spacial score (nSPS) is 10.8. The van der Waals surface area contributed by atoms with Gasteiger partial charge >= 0.3 is 0 Å². The van der Waals surface area contributed by atoms with Gasteiger partial charge in [0, 0.05) is 23.2 Å². The van der Waals surface area contributed by atoms with E-state index in [4.69, 9.17) is 0 Å². The molecule has 1 N–H and O–H groups in total. The quantitative estimate of drug-likeness (QED) is 0.928.